The Bertz CT molecular complexity index is 960. The van der Waals surface area contributed by atoms with E-state index >= 15 is 0 Å². The molecule has 0 spiro atoms. The minimum Gasteiger partial charge on any atom is -0.460 e. The van der Waals surface area contributed by atoms with Gasteiger partial charge in [-0.1, -0.05) is 40.7 Å². The van der Waals surface area contributed by atoms with E-state index in [0.29, 0.717) is 13.0 Å². The number of rotatable bonds is 10. The van der Waals surface area contributed by atoms with Crippen LogP contribution in [0.15, 0.2) is 12.7 Å². The molecule has 2 aliphatic rings. The first-order chi connectivity index (χ1) is 17.4. The molecule has 2 N–H and O–H groups in total. The molecule has 3 amide bonds. The second-order valence-corrected chi connectivity index (χ2v) is 12.8. The topological polar surface area (TPSA) is 131 Å². The van der Waals surface area contributed by atoms with E-state index in [9.17, 15) is 24.0 Å². The maximum atomic E-state index is 13.9. The third-order valence-electron chi connectivity index (χ3n) is 7.30. The SMILES string of the molecule is C=CCCC(NC(=O)C1C2C(CN1C(=O)C(NC(=O)OC(C)(C)C)C(C)(C)C)C2(C)C)C(=O)C(=O)OCC. The van der Waals surface area contributed by atoms with Crippen molar-refractivity contribution in [1.29, 1.82) is 0 Å². The standard InChI is InChI=1S/C28H45N3O7/c1-11-13-14-17(20(32)24(35)37-12-2)29-22(33)19-18-16(28(18,9)10)15-31(19)23(34)21(26(3,4)5)30-25(36)38-27(6,7)8/h11,16-19,21H,1,12-15H2,2-10H3,(H,29,33)(H,30,36). The lowest BCUT2D eigenvalue weighted by atomic mass is 9.85. The van der Waals surface area contributed by atoms with Crippen LogP contribution >= 0.6 is 0 Å². The smallest absolute Gasteiger partial charge is 0.408 e. The van der Waals surface area contributed by atoms with Gasteiger partial charge in [0, 0.05) is 6.54 Å². The zero-order chi connectivity index (χ0) is 29.2. The van der Waals surface area contributed by atoms with E-state index in [4.69, 9.17) is 9.47 Å². The molecule has 0 aromatic heterocycles. The van der Waals surface area contributed by atoms with Crippen LogP contribution in [-0.2, 0) is 28.7 Å². The summed E-state index contributed by atoms with van der Waals surface area (Å²) in [6.07, 6.45) is 1.45. The molecular weight excluding hydrogens is 490 g/mol. The Morgan fingerprint density at radius 2 is 1.68 bits per heavy atom. The number of nitrogens with zero attached hydrogens (tertiary/aromatic N) is 1. The molecule has 1 aliphatic heterocycles. The number of hydrogen-bond donors (Lipinski definition) is 2. The van der Waals surface area contributed by atoms with E-state index in [2.05, 4.69) is 17.2 Å². The van der Waals surface area contributed by atoms with Crippen molar-refractivity contribution < 1.29 is 33.4 Å². The number of alkyl carbamates (subject to hydrolysis) is 1. The summed E-state index contributed by atoms with van der Waals surface area (Å²) in [5, 5.41) is 5.42. The minimum absolute atomic E-state index is 0.0361. The van der Waals surface area contributed by atoms with Gasteiger partial charge in [-0.2, -0.15) is 0 Å². The molecule has 0 bridgehead atoms. The largest absolute Gasteiger partial charge is 0.460 e. The van der Waals surface area contributed by atoms with Crippen molar-refractivity contribution in [1.82, 2.24) is 15.5 Å². The molecule has 38 heavy (non-hydrogen) atoms. The van der Waals surface area contributed by atoms with Gasteiger partial charge in [0.15, 0.2) is 0 Å². The van der Waals surface area contributed by atoms with Gasteiger partial charge < -0.3 is 25.0 Å². The molecule has 5 atom stereocenters. The molecule has 214 valence electrons. The summed E-state index contributed by atoms with van der Waals surface area (Å²) in [6.45, 7) is 20.4. The van der Waals surface area contributed by atoms with Gasteiger partial charge in [-0.15, -0.1) is 6.58 Å². The Morgan fingerprint density at radius 1 is 1.08 bits per heavy atom. The number of carbonyl (C=O) groups is 5. The van der Waals surface area contributed by atoms with Crippen LogP contribution in [-0.4, -0.2) is 71.4 Å². The normalized spacial score (nSPS) is 23.4. The van der Waals surface area contributed by atoms with E-state index in [-0.39, 0.29) is 30.3 Å². The molecular formula is C28H45N3O7. The summed E-state index contributed by atoms with van der Waals surface area (Å²) < 4.78 is 10.2. The van der Waals surface area contributed by atoms with Gasteiger partial charge in [0.25, 0.3) is 5.78 Å². The molecule has 0 aromatic rings. The second-order valence-electron chi connectivity index (χ2n) is 12.8. The average Bonchev–Trinajstić information content (AvgIpc) is 3.11. The first kappa shape index (κ1) is 31.3. The number of esters is 1. The van der Waals surface area contributed by atoms with E-state index in [1.165, 1.54) is 4.90 Å². The highest BCUT2D eigenvalue weighted by atomic mass is 16.6. The summed E-state index contributed by atoms with van der Waals surface area (Å²) in [5.41, 5.74) is -1.59. The third-order valence-corrected chi connectivity index (χ3v) is 7.30. The summed E-state index contributed by atoms with van der Waals surface area (Å²) in [5.74, 6) is -2.79. The van der Waals surface area contributed by atoms with Crippen LogP contribution in [0.2, 0.25) is 0 Å². The summed E-state index contributed by atoms with van der Waals surface area (Å²) in [4.78, 5) is 66.5. The zero-order valence-corrected chi connectivity index (χ0v) is 24.3. The average molecular weight is 536 g/mol. The van der Waals surface area contributed by atoms with Crippen LogP contribution in [0, 0.1) is 22.7 Å². The van der Waals surface area contributed by atoms with Crippen molar-refractivity contribution >= 4 is 29.7 Å². The number of carbonyl (C=O) groups excluding carboxylic acids is 5. The van der Waals surface area contributed by atoms with Gasteiger partial charge >= 0.3 is 12.1 Å². The van der Waals surface area contributed by atoms with Crippen molar-refractivity contribution in [2.24, 2.45) is 22.7 Å². The highest BCUT2D eigenvalue weighted by molar-refractivity contribution is 6.36. The Labute approximate surface area is 226 Å². The molecule has 0 radical (unpaired) electrons. The van der Waals surface area contributed by atoms with Crippen molar-refractivity contribution in [3.8, 4) is 0 Å². The maximum Gasteiger partial charge on any atom is 0.408 e. The summed E-state index contributed by atoms with van der Waals surface area (Å²) >= 11 is 0. The fourth-order valence-electron chi connectivity index (χ4n) is 5.21. The van der Waals surface area contributed by atoms with Gasteiger partial charge in [-0.05, 0) is 63.2 Å². The monoisotopic (exact) mass is 535 g/mol. The molecule has 0 aromatic carbocycles. The van der Waals surface area contributed by atoms with E-state index in [0.717, 1.165) is 0 Å². The van der Waals surface area contributed by atoms with E-state index < -0.39 is 58.8 Å². The third kappa shape index (κ3) is 7.14. The predicted octanol–water partition coefficient (Wildman–Crippen LogP) is 2.99. The lowest BCUT2D eigenvalue weighted by Crippen LogP contribution is -2.60. The molecule has 10 nitrogen and oxygen atoms in total. The van der Waals surface area contributed by atoms with Crippen molar-refractivity contribution in [2.75, 3.05) is 13.2 Å². The van der Waals surface area contributed by atoms with Crippen molar-refractivity contribution in [3.05, 3.63) is 12.7 Å². The van der Waals surface area contributed by atoms with E-state index in [1.54, 1.807) is 33.8 Å². The Morgan fingerprint density at radius 3 is 2.18 bits per heavy atom. The van der Waals surface area contributed by atoms with Gasteiger partial charge in [0.2, 0.25) is 11.8 Å². The van der Waals surface area contributed by atoms with Crippen LogP contribution < -0.4 is 10.6 Å². The Hall–Kier alpha value is -2.91. The van der Waals surface area contributed by atoms with Crippen LogP contribution in [0.1, 0.15) is 75.2 Å². The first-order valence-electron chi connectivity index (χ1n) is 13.3. The number of piperidine rings is 1. The second kappa shape index (κ2) is 11.5. The highest BCUT2D eigenvalue weighted by Gasteiger charge is 2.70. The van der Waals surface area contributed by atoms with Gasteiger partial charge in [0.05, 0.1) is 12.6 Å². The Balaban J connectivity index is 2.33. The number of ketones is 1. The molecule has 10 heteroatoms. The minimum atomic E-state index is -1.10. The Kier molecular flexibility index (Phi) is 9.44. The first-order valence-corrected chi connectivity index (χ1v) is 13.3. The van der Waals surface area contributed by atoms with E-state index in [1.807, 2.05) is 34.6 Å². The van der Waals surface area contributed by atoms with Gasteiger partial charge in [-0.3, -0.25) is 14.4 Å². The number of allylic oxidation sites excluding steroid dienone is 1. The fraction of sp³-hybridized carbons (Fsp3) is 0.750. The van der Waals surface area contributed by atoms with Crippen LogP contribution in [0.25, 0.3) is 0 Å². The molecule has 1 heterocycles. The van der Waals surface area contributed by atoms with Crippen molar-refractivity contribution in [2.45, 2.75) is 98.9 Å². The molecule has 1 saturated heterocycles. The number of nitrogens with one attached hydrogen (secondary N) is 2. The maximum absolute atomic E-state index is 13.9. The van der Waals surface area contributed by atoms with Crippen molar-refractivity contribution in [3.63, 3.8) is 0 Å². The number of fused-ring (bicyclic) bond motifs is 1. The summed E-state index contributed by atoms with van der Waals surface area (Å²) in [7, 11) is 0. The lowest BCUT2D eigenvalue weighted by molar-refractivity contribution is -0.155. The molecule has 2 rings (SSSR count). The van der Waals surface area contributed by atoms with Crippen LogP contribution in [0.3, 0.4) is 0 Å². The molecule has 1 aliphatic carbocycles. The molecule has 1 saturated carbocycles. The molecule has 2 fully saturated rings. The van der Waals surface area contributed by atoms with Gasteiger partial charge in [-0.25, -0.2) is 9.59 Å². The summed E-state index contributed by atoms with van der Waals surface area (Å²) in [6, 6.07) is -2.91. The number of ether oxygens (including phenoxy) is 2. The number of amides is 3. The molecule has 5 unspecified atom stereocenters. The number of hydrogen-bond acceptors (Lipinski definition) is 7. The lowest BCUT2D eigenvalue weighted by Gasteiger charge is -2.38. The zero-order valence-electron chi connectivity index (χ0n) is 24.3. The van der Waals surface area contributed by atoms with Crippen LogP contribution in [0.4, 0.5) is 4.79 Å². The quantitative estimate of drug-likeness (QED) is 0.250. The highest BCUT2D eigenvalue weighted by Crippen LogP contribution is 2.65. The predicted molar refractivity (Wildman–Crippen MR) is 142 cm³/mol. The van der Waals surface area contributed by atoms with Gasteiger partial charge in [0.1, 0.15) is 17.7 Å². The van der Waals surface area contributed by atoms with Crippen LogP contribution in [0.5, 0.6) is 0 Å². The number of Topliss-reactive ketones (excluding diaryl/α,β-unsaturated/α-hetero) is 1. The number of likely N-dealkylation sites (tertiary alicyclic amines) is 1. The fourth-order valence-corrected chi connectivity index (χ4v) is 5.21.